The van der Waals surface area contributed by atoms with Crippen LogP contribution in [-0.4, -0.2) is 11.7 Å². The van der Waals surface area contributed by atoms with Gasteiger partial charge in [-0.2, -0.15) is 0 Å². The topological polar surface area (TPSA) is 29.1 Å². The van der Waals surface area contributed by atoms with Crippen LogP contribution in [0.15, 0.2) is 65.6 Å². The molecule has 116 valence electrons. The summed E-state index contributed by atoms with van der Waals surface area (Å²) in [5.41, 5.74) is 3.20. The van der Waals surface area contributed by atoms with Crippen molar-refractivity contribution < 1.29 is 4.79 Å². The van der Waals surface area contributed by atoms with Crippen LogP contribution in [0.25, 0.3) is 10.8 Å². The van der Waals surface area contributed by atoms with E-state index in [1.165, 1.54) is 16.3 Å². The van der Waals surface area contributed by atoms with E-state index >= 15 is 0 Å². The summed E-state index contributed by atoms with van der Waals surface area (Å²) in [6.45, 7) is 4.08. The van der Waals surface area contributed by atoms with E-state index in [1.807, 2.05) is 31.2 Å². The first-order valence-corrected chi connectivity index (χ1v) is 8.60. The van der Waals surface area contributed by atoms with E-state index in [-0.39, 0.29) is 5.91 Å². The van der Waals surface area contributed by atoms with Gasteiger partial charge in [-0.1, -0.05) is 42.5 Å². The molecule has 3 aromatic rings. The Labute approximate surface area is 140 Å². The number of thioether (sulfide) groups is 1. The molecule has 1 amide bonds. The van der Waals surface area contributed by atoms with Crippen LogP contribution in [0.5, 0.6) is 0 Å². The predicted octanol–water partition coefficient (Wildman–Crippen LogP) is 5.19. The van der Waals surface area contributed by atoms with Crippen molar-refractivity contribution in [3.63, 3.8) is 0 Å². The van der Waals surface area contributed by atoms with Crippen LogP contribution < -0.4 is 5.32 Å². The van der Waals surface area contributed by atoms with Gasteiger partial charge in [0.15, 0.2) is 0 Å². The number of rotatable bonds is 4. The summed E-state index contributed by atoms with van der Waals surface area (Å²) in [4.78, 5) is 13.3. The molecule has 0 unspecified atom stereocenters. The molecule has 0 saturated carbocycles. The molecule has 0 spiro atoms. The van der Waals surface area contributed by atoms with Crippen molar-refractivity contribution in [3.8, 4) is 0 Å². The molecule has 0 saturated heterocycles. The standard InChI is InChI=1S/C20H19NOS/c1-14-6-5-9-19(15(14)2)21-20(22)13-23-18-11-10-16-7-3-4-8-17(16)12-18/h3-12H,13H2,1-2H3,(H,21,22). The molecular weight excluding hydrogens is 302 g/mol. The average Bonchev–Trinajstić information content (AvgIpc) is 2.57. The third-order valence-corrected chi connectivity index (χ3v) is 4.96. The lowest BCUT2D eigenvalue weighted by Crippen LogP contribution is -2.15. The highest BCUT2D eigenvalue weighted by Crippen LogP contribution is 2.24. The zero-order valence-corrected chi connectivity index (χ0v) is 14.1. The molecule has 3 heteroatoms. The number of nitrogens with one attached hydrogen (secondary N) is 1. The van der Waals surface area contributed by atoms with E-state index in [1.54, 1.807) is 11.8 Å². The number of hydrogen-bond acceptors (Lipinski definition) is 2. The van der Waals surface area contributed by atoms with E-state index in [2.05, 4.69) is 48.6 Å². The SMILES string of the molecule is Cc1cccc(NC(=O)CSc2ccc3ccccc3c2)c1C. The Bertz CT molecular complexity index is 857. The minimum Gasteiger partial charge on any atom is -0.325 e. The Kier molecular flexibility index (Phi) is 4.68. The third-order valence-electron chi connectivity index (χ3n) is 3.97. The lowest BCUT2D eigenvalue weighted by atomic mass is 10.1. The molecule has 0 radical (unpaired) electrons. The Morgan fingerprint density at radius 3 is 2.57 bits per heavy atom. The number of aryl methyl sites for hydroxylation is 1. The molecule has 1 N–H and O–H groups in total. The lowest BCUT2D eigenvalue weighted by molar-refractivity contribution is -0.113. The van der Waals surface area contributed by atoms with Gasteiger partial charge >= 0.3 is 0 Å². The Morgan fingerprint density at radius 2 is 1.74 bits per heavy atom. The summed E-state index contributed by atoms with van der Waals surface area (Å²) in [6.07, 6.45) is 0. The van der Waals surface area contributed by atoms with Gasteiger partial charge in [-0.05, 0) is 53.9 Å². The van der Waals surface area contributed by atoms with Crippen molar-refractivity contribution in [2.75, 3.05) is 11.1 Å². The Morgan fingerprint density at radius 1 is 0.957 bits per heavy atom. The molecule has 0 heterocycles. The molecule has 0 bridgehead atoms. The van der Waals surface area contributed by atoms with E-state index in [0.717, 1.165) is 16.1 Å². The average molecular weight is 321 g/mol. The second-order valence-corrected chi connectivity index (χ2v) is 6.64. The highest BCUT2D eigenvalue weighted by molar-refractivity contribution is 8.00. The molecule has 2 nitrogen and oxygen atoms in total. The van der Waals surface area contributed by atoms with Crippen LogP contribution in [-0.2, 0) is 4.79 Å². The number of carbonyl (C=O) groups is 1. The highest BCUT2D eigenvalue weighted by Gasteiger charge is 2.07. The minimum atomic E-state index is 0.0249. The summed E-state index contributed by atoms with van der Waals surface area (Å²) in [5.74, 6) is 0.433. The largest absolute Gasteiger partial charge is 0.325 e. The fourth-order valence-electron chi connectivity index (χ4n) is 2.48. The van der Waals surface area contributed by atoms with Crippen LogP contribution in [0.2, 0.25) is 0 Å². The first-order chi connectivity index (χ1) is 11.1. The summed E-state index contributed by atoms with van der Waals surface area (Å²) in [7, 11) is 0. The van der Waals surface area contributed by atoms with Crippen LogP contribution in [0, 0.1) is 13.8 Å². The minimum absolute atomic E-state index is 0.0249. The molecule has 3 rings (SSSR count). The van der Waals surface area contributed by atoms with Crippen molar-refractivity contribution in [2.24, 2.45) is 0 Å². The van der Waals surface area contributed by atoms with Crippen molar-refractivity contribution in [3.05, 3.63) is 71.8 Å². The van der Waals surface area contributed by atoms with Gasteiger partial charge in [0.05, 0.1) is 5.75 Å². The van der Waals surface area contributed by atoms with Gasteiger partial charge < -0.3 is 5.32 Å². The molecule has 3 aromatic carbocycles. The molecule has 23 heavy (non-hydrogen) atoms. The molecule has 0 aliphatic rings. The monoisotopic (exact) mass is 321 g/mol. The summed E-state index contributed by atoms with van der Waals surface area (Å²) in [5, 5.41) is 5.42. The second-order valence-electron chi connectivity index (χ2n) is 5.59. The number of anilines is 1. The van der Waals surface area contributed by atoms with Crippen molar-refractivity contribution >= 4 is 34.1 Å². The number of amides is 1. The summed E-state index contributed by atoms with van der Waals surface area (Å²) in [6, 6.07) is 20.5. The number of benzene rings is 3. The fraction of sp³-hybridized carbons (Fsp3) is 0.150. The molecule has 0 atom stereocenters. The molecular formula is C20H19NOS. The fourth-order valence-corrected chi connectivity index (χ4v) is 3.22. The first kappa shape index (κ1) is 15.6. The van der Waals surface area contributed by atoms with Gasteiger partial charge in [-0.15, -0.1) is 11.8 Å². The van der Waals surface area contributed by atoms with E-state index in [4.69, 9.17) is 0 Å². The Balaban J connectivity index is 1.65. The van der Waals surface area contributed by atoms with Gasteiger partial charge in [-0.25, -0.2) is 0 Å². The van der Waals surface area contributed by atoms with Gasteiger partial charge in [0, 0.05) is 10.6 Å². The van der Waals surface area contributed by atoms with E-state index < -0.39 is 0 Å². The maximum Gasteiger partial charge on any atom is 0.234 e. The van der Waals surface area contributed by atoms with Crippen LogP contribution >= 0.6 is 11.8 Å². The molecule has 0 aliphatic carbocycles. The van der Waals surface area contributed by atoms with Crippen molar-refractivity contribution in [1.82, 2.24) is 0 Å². The predicted molar refractivity (Wildman–Crippen MR) is 99.2 cm³/mol. The zero-order chi connectivity index (χ0) is 16.2. The third kappa shape index (κ3) is 3.74. The van der Waals surface area contributed by atoms with Crippen LogP contribution in [0.1, 0.15) is 11.1 Å². The molecule has 0 fully saturated rings. The first-order valence-electron chi connectivity index (χ1n) is 7.61. The lowest BCUT2D eigenvalue weighted by Gasteiger charge is -2.10. The van der Waals surface area contributed by atoms with E-state index in [9.17, 15) is 4.79 Å². The number of hydrogen-bond donors (Lipinski definition) is 1. The van der Waals surface area contributed by atoms with Gasteiger partial charge in [0.2, 0.25) is 5.91 Å². The summed E-state index contributed by atoms with van der Waals surface area (Å²) < 4.78 is 0. The van der Waals surface area contributed by atoms with Gasteiger partial charge in [0.1, 0.15) is 0 Å². The van der Waals surface area contributed by atoms with Crippen molar-refractivity contribution in [1.29, 1.82) is 0 Å². The van der Waals surface area contributed by atoms with Crippen molar-refractivity contribution in [2.45, 2.75) is 18.7 Å². The number of carbonyl (C=O) groups excluding carboxylic acids is 1. The highest BCUT2D eigenvalue weighted by atomic mass is 32.2. The van der Waals surface area contributed by atoms with E-state index in [0.29, 0.717) is 5.75 Å². The Hall–Kier alpha value is -2.26. The zero-order valence-electron chi connectivity index (χ0n) is 13.3. The van der Waals surface area contributed by atoms with Crippen LogP contribution in [0.4, 0.5) is 5.69 Å². The summed E-state index contributed by atoms with van der Waals surface area (Å²) >= 11 is 1.56. The van der Waals surface area contributed by atoms with Gasteiger partial charge in [0.25, 0.3) is 0 Å². The molecule has 0 aromatic heterocycles. The molecule has 0 aliphatic heterocycles. The second kappa shape index (κ2) is 6.88. The maximum absolute atomic E-state index is 12.2. The van der Waals surface area contributed by atoms with Gasteiger partial charge in [-0.3, -0.25) is 4.79 Å². The van der Waals surface area contributed by atoms with Crippen LogP contribution in [0.3, 0.4) is 0 Å². The number of fused-ring (bicyclic) bond motifs is 1. The smallest absolute Gasteiger partial charge is 0.234 e. The quantitative estimate of drug-likeness (QED) is 0.670. The maximum atomic E-state index is 12.2. The normalized spacial score (nSPS) is 10.7.